The number of aromatic amines is 2. The van der Waals surface area contributed by atoms with Crippen LogP contribution in [-0.2, 0) is 19.3 Å². The molecule has 0 unspecified atom stereocenters. The molecule has 0 radical (unpaired) electrons. The molecule has 3 aromatic rings. The lowest BCUT2D eigenvalue weighted by Crippen LogP contribution is -1.87. The third-order valence-electron chi connectivity index (χ3n) is 8.74. The van der Waals surface area contributed by atoms with Gasteiger partial charge in [0.25, 0.3) is 0 Å². The second kappa shape index (κ2) is 11.4. The average molecular weight is 533 g/mol. The van der Waals surface area contributed by atoms with Gasteiger partial charge in [0.15, 0.2) is 0 Å². The number of aromatic nitrogens is 4. The summed E-state index contributed by atoms with van der Waals surface area (Å²) in [7, 11) is 0. The third kappa shape index (κ3) is 4.48. The van der Waals surface area contributed by atoms with E-state index in [9.17, 15) is 0 Å². The fourth-order valence-electron chi connectivity index (χ4n) is 6.87. The van der Waals surface area contributed by atoms with Gasteiger partial charge in [-0.3, -0.25) is 0 Å². The monoisotopic (exact) mass is 532 g/mol. The number of allylic oxidation sites excluding steroid dienone is 4. The number of H-pyrrole nitrogens is 2. The number of nitrogens with zero attached hydrogens (tertiary/aromatic N) is 2. The van der Waals surface area contributed by atoms with Crippen molar-refractivity contribution in [1.29, 1.82) is 0 Å². The highest BCUT2D eigenvalue weighted by molar-refractivity contribution is 5.96. The second-order valence-corrected chi connectivity index (χ2v) is 10.7. The van der Waals surface area contributed by atoms with Gasteiger partial charge in [-0.2, -0.15) is 0 Å². The lowest BCUT2D eigenvalue weighted by Gasteiger charge is -2.03. The van der Waals surface area contributed by atoms with Crippen molar-refractivity contribution in [1.82, 2.24) is 19.9 Å². The lowest BCUT2D eigenvalue weighted by atomic mass is 9.99. The van der Waals surface area contributed by atoms with Crippen molar-refractivity contribution in [3.05, 3.63) is 75.9 Å². The number of hydrogen-bond donors (Lipinski definition) is 2. The Morgan fingerprint density at radius 2 is 0.825 bits per heavy atom. The molecule has 4 nitrogen and oxygen atoms in total. The normalized spacial score (nSPS) is 13.5. The molecule has 3 aromatic heterocycles. The zero-order valence-electron chi connectivity index (χ0n) is 25.4. The molecule has 5 heterocycles. The molecule has 0 saturated heterocycles. The molecule has 0 spiro atoms. The summed E-state index contributed by atoms with van der Waals surface area (Å²) in [5.41, 5.74) is 19.4. The highest BCUT2D eigenvalue weighted by Crippen LogP contribution is 2.38. The molecule has 0 aromatic carbocycles. The summed E-state index contributed by atoms with van der Waals surface area (Å²) in [5.74, 6) is 0. The van der Waals surface area contributed by atoms with Crippen molar-refractivity contribution in [2.24, 2.45) is 0 Å². The summed E-state index contributed by atoms with van der Waals surface area (Å²) in [6.07, 6.45) is 8.67. The van der Waals surface area contributed by atoms with Gasteiger partial charge in [-0.15, -0.1) is 0 Å². The smallest absolute Gasteiger partial charge is 0.0693 e. The van der Waals surface area contributed by atoms with Crippen LogP contribution < -0.4 is 0 Å². The maximum absolute atomic E-state index is 5.27. The Labute approximate surface area is 239 Å². The van der Waals surface area contributed by atoms with E-state index in [1.807, 2.05) is 6.08 Å². The minimum absolute atomic E-state index is 0.915. The number of rotatable bonds is 8. The summed E-state index contributed by atoms with van der Waals surface area (Å²) < 4.78 is 0. The van der Waals surface area contributed by atoms with Crippen LogP contribution in [0.25, 0.3) is 50.4 Å². The van der Waals surface area contributed by atoms with Crippen LogP contribution in [0, 0.1) is 0 Å². The van der Waals surface area contributed by atoms with Gasteiger partial charge >= 0.3 is 0 Å². The predicted octanol–water partition coefficient (Wildman–Crippen LogP) is 10.1. The number of nitrogens with one attached hydrogen (secondary N) is 2. The fourth-order valence-corrected chi connectivity index (χ4v) is 6.87. The van der Waals surface area contributed by atoms with Crippen LogP contribution in [0.15, 0.2) is 30.8 Å². The van der Waals surface area contributed by atoms with Crippen LogP contribution in [-0.4, -0.2) is 19.9 Å². The molecular weight excluding hydrogens is 488 g/mol. The van der Waals surface area contributed by atoms with Crippen LogP contribution in [0.5, 0.6) is 0 Å². The van der Waals surface area contributed by atoms with E-state index in [-0.39, 0.29) is 0 Å². The van der Waals surface area contributed by atoms with Crippen LogP contribution in [0.2, 0.25) is 0 Å². The Kier molecular flexibility index (Phi) is 7.98. The summed E-state index contributed by atoms with van der Waals surface area (Å²) in [5, 5.41) is 0. The summed E-state index contributed by atoms with van der Waals surface area (Å²) in [6.45, 7) is 19.9. The van der Waals surface area contributed by atoms with Gasteiger partial charge in [0, 0.05) is 27.6 Å². The molecule has 40 heavy (non-hydrogen) atoms. The number of hydrogen-bond acceptors (Lipinski definition) is 2. The maximum Gasteiger partial charge on any atom is 0.0693 e. The van der Waals surface area contributed by atoms with Crippen LogP contribution in [0.1, 0.15) is 119 Å². The molecule has 2 N–H and O–H groups in total. The van der Waals surface area contributed by atoms with Crippen molar-refractivity contribution in [2.75, 3.05) is 0 Å². The SMILES string of the molecule is C=Cc1c(CC)c2cc3nc(cc4[nH]c(cc5nc(cc1[nH]2)C(CC)=C5CC)c(CC)c4CC)C(CC)=C3CC. The van der Waals surface area contributed by atoms with Gasteiger partial charge in [0.05, 0.1) is 22.8 Å². The van der Waals surface area contributed by atoms with Gasteiger partial charge in [0.1, 0.15) is 0 Å². The van der Waals surface area contributed by atoms with E-state index >= 15 is 0 Å². The summed E-state index contributed by atoms with van der Waals surface area (Å²) in [6, 6.07) is 9.09. The number of aryl methyl sites for hydroxylation is 3. The van der Waals surface area contributed by atoms with Crippen molar-refractivity contribution in [2.45, 2.75) is 93.4 Å². The third-order valence-corrected chi connectivity index (χ3v) is 8.74. The Hall–Kier alpha value is -3.66. The topological polar surface area (TPSA) is 57.4 Å². The first-order chi connectivity index (χ1) is 19.5. The van der Waals surface area contributed by atoms with Gasteiger partial charge < -0.3 is 9.97 Å². The molecule has 208 valence electrons. The van der Waals surface area contributed by atoms with E-state index in [1.165, 1.54) is 50.0 Å². The van der Waals surface area contributed by atoms with Crippen LogP contribution in [0.3, 0.4) is 0 Å². The predicted molar refractivity (Wildman–Crippen MR) is 174 cm³/mol. The molecule has 0 amide bonds. The average Bonchev–Trinajstić information content (AvgIpc) is 3.67. The first-order valence-electron chi connectivity index (χ1n) is 15.3. The highest BCUT2D eigenvalue weighted by atomic mass is 14.8. The van der Waals surface area contributed by atoms with E-state index < -0.39 is 0 Å². The van der Waals surface area contributed by atoms with Gasteiger partial charge in [0.2, 0.25) is 0 Å². The summed E-state index contributed by atoms with van der Waals surface area (Å²) in [4.78, 5) is 18.1. The highest BCUT2D eigenvalue weighted by Gasteiger charge is 2.21. The van der Waals surface area contributed by atoms with E-state index in [4.69, 9.17) is 9.97 Å². The fraction of sp³-hybridized carbons (Fsp3) is 0.389. The van der Waals surface area contributed by atoms with E-state index in [0.29, 0.717) is 0 Å². The zero-order chi connectivity index (χ0) is 28.6. The van der Waals surface area contributed by atoms with Gasteiger partial charge in [-0.05, 0) is 108 Å². The molecule has 4 heteroatoms. The number of fused-ring (bicyclic) bond motifs is 8. The van der Waals surface area contributed by atoms with E-state index in [2.05, 4.69) is 89.3 Å². The molecule has 0 saturated carbocycles. The van der Waals surface area contributed by atoms with Crippen molar-refractivity contribution >= 4 is 50.4 Å². The zero-order valence-corrected chi connectivity index (χ0v) is 25.4. The first kappa shape index (κ1) is 27.9. The molecule has 2 aliphatic rings. The Morgan fingerprint density at radius 1 is 0.500 bits per heavy atom. The molecule has 0 aliphatic carbocycles. The van der Waals surface area contributed by atoms with E-state index in [0.717, 1.165) is 84.3 Å². The Morgan fingerprint density at radius 3 is 1.15 bits per heavy atom. The first-order valence-corrected chi connectivity index (χ1v) is 15.3. The standard InChI is InChI=1S/C36H44N4/c1-9-21-22(10-2)30-18-32-25(13-5)26(14-6)34(39-32)20-36-28(16-8)27(15-7)35(40-36)19-33-24(12-4)23(11-3)31(38-33)17-29(21)37-30/h9,17-20,37,40H,1,10-16H2,2-8H3. The van der Waals surface area contributed by atoms with Crippen LogP contribution in [0.4, 0.5) is 0 Å². The largest absolute Gasteiger partial charge is 0.355 e. The molecular formula is C36H44N4. The van der Waals surface area contributed by atoms with Crippen molar-refractivity contribution in [3.8, 4) is 0 Å². The Balaban J connectivity index is 2.04. The minimum Gasteiger partial charge on any atom is -0.355 e. The molecule has 2 aliphatic heterocycles. The lowest BCUT2D eigenvalue weighted by molar-refractivity contribution is 1.07. The summed E-state index contributed by atoms with van der Waals surface area (Å²) >= 11 is 0. The molecule has 0 fully saturated rings. The van der Waals surface area contributed by atoms with Gasteiger partial charge in [-0.25, -0.2) is 9.97 Å². The quantitative estimate of drug-likeness (QED) is 0.303. The molecule has 5 rings (SSSR count). The maximum atomic E-state index is 5.27. The molecule has 0 atom stereocenters. The molecule has 8 bridgehead atoms. The van der Waals surface area contributed by atoms with Crippen molar-refractivity contribution in [3.63, 3.8) is 0 Å². The second-order valence-electron chi connectivity index (χ2n) is 10.7. The minimum atomic E-state index is 0.915. The van der Waals surface area contributed by atoms with Crippen LogP contribution >= 0.6 is 0 Å². The van der Waals surface area contributed by atoms with E-state index in [1.54, 1.807) is 0 Å². The van der Waals surface area contributed by atoms with Crippen molar-refractivity contribution < 1.29 is 0 Å². The Bertz CT molecular complexity index is 1700. The van der Waals surface area contributed by atoms with Gasteiger partial charge in [-0.1, -0.05) is 61.1 Å².